The molecule has 4 nitrogen and oxygen atoms in total. The largest absolute Gasteiger partial charge is 0.351 e. The van der Waals surface area contributed by atoms with Gasteiger partial charge in [-0.3, -0.25) is 4.79 Å². The molecule has 1 N–H and O–H groups in total. The zero-order chi connectivity index (χ0) is 17.5. The summed E-state index contributed by atoms with van der Waals surface area (Å²) in [6.45, 7) is 2.56. The minimum atomic E-state index is -0.0695. The standard InChI is InChI=1S/C20H21N3OS/c1-16-19(14-22-23(16)18-10-6-3-7-11-18)20(24)21-12-13-25-15-17-8-4-2-5-9-17/h2-11,14H,12-13,15H2,1H3,(H,21,24). The molecular formula is C20H21N3OS. The van der Waals surface area contributed by atoms with E-state index >= 15 is 0 Å². The fourth-order valence-electron chi connectivity index (χ4n) is 2.56. The Morgan fingerprint density at radius 1 is 1.08 bits per heavy atom. The minimum Gasteiger partial charge on any atom is -0.351 e. The summed E-state index contributed by atoms with van der Waals surface area (Å²) in [6, 6.07) is 20.2. The lowest BCUT2D eigenvalue weighted by atomic mass is 10.2. The Morgan fingerprint density at radius 3 is 2.48 bits per heavy atom. The second-order valence-electron chi connectivity index (χ2n) is 5.69. The summed E-state index contributed by atoms with van der Waals surface area (Å²) < 4.78 is 1.79. The molecule has 0 aliphatic carbocycles. The lowest BCUT2D eigenvalue weighted by Gasteiger charge is -2.07. The third-order valence-corrected chi connectivity index (χ3v) is 4.93. The first-order valence-electron chi connectivity index (χ1n) is 8.25. The van der Waals surface area contributed by atoms with Crippen molar-refractivity contribution in [3.05, 3.63) is 83.7 Å². The second kappa shape index (κ2) is 8.53. The molecule has 0 bridgehead atoms. The monoisotopic (exact) mass is 351 g/mol. The van der Waals surface area contributed by atoms with E-state index in [-0.39, 0.29) is 5.91 Å². The van der Waals surface area contributed by atoms with E-state index in [9.17, 15) is 4.79 Å². The number of thioether (sulfide) groups is 1. The average molecular weight is 351 g/mol. The molecule has 0 radical (unpaired) electrons. The number of aromatic nitrogens is 2. The molecule has 1 aromatic heterocycles. The predicted octanol–water partition coefficient (Wildman–Crippen LogP) is 3.84. The number of benzene rings is 2. The molecule has 3 aromatic rings. The third kappa shape index (κ3) is 4.51. The number of para-hydroxylation sites is 1. The smallest absolute Gasteiger partial charge is 0.254 e. The van der Waals surface area contributed by atoms with Crippen LogP contribution < -0.4 is 5.32 Å². The van der Waals surface area contributed by atoms with Crippen LogP contribution in [0.3, 0.4) is 0 Å². The number of rotatable bonds is 7. The van der Waals surface area contributed by atoms with Crippen molar-refractivity contribution in [1.29, 1.82) is 0 Å². The van der Waals surface area contributed by atoms with Crippen molar-refractivity contribution in [3.8, 4) is 5.69 Å². The summed E-state index contributed by atoms with van der Waals surface area (Å²) in [5.41, 5.74) is 3.73. The highest BCUT2D eigenvalue weighted by molar-refractivity contribution is 7.98. The van der Waals surface area contributed by atoms with Crippen molar-refractivity contribution < 1.29 is 4.79 Å². The first kappa shape index (κ1) is 17.3. The van der Waals surface area contributed by atoms with Crippen LogP contribution in [0.15, 0.2) is 66.9 Å². The maximum Gasteiger partial charge on any atom is 0.254 e. The SMILES string of the molecule is Cc1c(C(=O)NCCSCc2ccccc2)cnn1-c1ccccc1. The summed E-state index contributed by atoms with van der Waals surface area (Å²) in [4.78, 5) is 12.4. The summed E-state index contributed by atoms with van der Waals surface area (Å²) in [5.74, 6) is 1.77. The lowest BCUT2D eigenvalue weighted by molar-refractivity contribution is 0.0955. The van der Waals surface area contributed by atoms with Crippen LogP contribution in [0, 0.1) is 6.92 Å². The summed E-state index contributed by atoms with van der Waals surface area (Å²) in [5, 5.41) is 7.32. The first-order valence-corrected chi connectivity index (χ1v) is 9.41. The van der Waals surface area contributed by atoms with Crippen molar-refractivity contribution in [1.82, 2.24) is 15.1 Å². The molecule has 0 spiro atoms. The van der Waals surface area contributed by atoms with E-state index in [2.05, 4.69) is 22.5 Å². The van der Waals surface area contributed by atoms with Gasteiger partial charge in [-0.25, -0.2) is 4.68 Å². The molecule has 0 fully saturated rings. The molecule has 2 aromatic carbocycles. The van der Waals surface area contributed by atoms with E-state index in [1.807, 2.05) is 67.2 Å². The molecule has 0 aliphatic heterocycles. The van der Waals surface area contributed by atoms with Crippen LogP contribution in [0.4, 0.5) is 0 Å². The summed E-state index contributed by atoms with van der Waals surface area (Å²) in [6.07, 6.45) is 1.63. The van der Waals surface area contributed by atoms with Gasteiger partial charge in [-0.1, -0.05) is 48.5 Å². The number of nitrogens with one attached hydrogen (secondary N) is 1. The van der Waals surface area contributed by atoms with Gasteiger partial charge in [0.05, 0.1) is 23.1 Å². The fourth-order valence-corrected chi connectivity index (χ4v) is 3.38. The normalized spacial score (nSPS) is 10.6. The maximum atomic E-state index is 12.4. The number of hydrogen-bond acceptors (Lipinski definition) is 3. The van der Waals surface area contributed by atoms with Crippen LogP contribution in [0.1, 0.15) is 21.6 Å². The van der Waals surface area contributed by atoms with Gasteiger partial charge in [-0.2, -0.15) is 16.9 Å². The van der Waals surface area contributed by atoms with Crippen LogP contribution in [0.2, 0.25) is 0 Å². The third-order valence-electron chi connectivity index (χ3n) is 3.90. The quantitative estimate of drug-likeness (QED) is 0.658. The molecule has 0 saturated carbocycles. The minimum absolute atomic E-state index is 0.0695. The van der Waals surface area contributed by atoms with Gasteiger partial charge in [0.2, 0.25) is 0 Å². The van der Waals surface area contributed by atoms with E-state index in [0.717, 1.165) is 22.9 Å². The Kier molecular flexibility index (Phi) is 5.90. The number of carbonyl (C=O) groups is 1. The highest BCUT2D eigenvalue weighted by atomic mass is 32.2. The highest BCUT2D eigenvalue weighted by Crippen LogP contribution is 2.14. The number of carbonyl (C=O) groups excluding carboxylic acids is 1. The summed E-state index contributed by atoms with van der Waals surface area (Å²) in [7, 11) is 0. The van der Waals surface area contributed by atoms with E-state index in [0.29, 0.717) is 12.1 Å². The molecular weight excluding hydrogens is 330 g/mol. The highest BCUT2D eigenvalue weighted by Gasteiger charge is 2.14. The van der Waals surface area contributed by atoms with E-state index < -0.39 is 0 Å². The van der Waals surface area contributed by atoms with Gasteiger partial charge in [0.15, 0.2) is 0 Å². The van der Waals surface area contributed by atoms with Crippen LogP contribution in [-0.2, 0) is 5.75 Å². The van der Waals surface area contributed by atoms with Crippen molar-refractivity contribution in [2.75, 3.05) is 12.3 Å². The zero-order valence-corrected chi connectivity index (χ0v) is 15.0. The molecule has 25 heavy (non-hydrogen) atoms. The first-order chi connectivity index (χ1) is 12.3. The molecule has 3 rings (SSSR count). The van der Waals surface area contributed by atoms with Crippen LogP contribution in [0.5, 0.6) is 0 Å². The Labute approximate surface area is 152 Å². The van der Waals surface area contributed by atoms with Gasteiger partial charge in [0.25, 0.3) is 5.91 Å². The fraction of sp³-hybridized carbons (Fsp3) is 0.200. The van der Waals surface area contributed by atoms with E-state index in [1.165, 1.54) is 5.56 Å². The molecule has 0 saturated heterocycles. The van der Waals surface area contributed by atoms with E-state index in [4.69, 9.17) is 0 Å². The van der Waals surface area contributed by atoms with Gasteiger partial charge in [-0.15, -0.1) is 0 Å². The predicted molar refractivity (Wildman–Crippen MR) is 103 cm³/mol. The second-order valence-corrected chi connectivity index (χ2v) is 6.79. The Bertz CT molecular complexity index is 815. The van der Waals surface area contributed by atoms with Crippen LogP contribution in [0.25, 0.3) is 5.69 Å². The Morgan fingerprint density at radius 2 is 1.76 bits per heavy atom. The van der Waals surface area contributed by atoms with Gasteiger partial charge in [0, 0.05) is 18.1 Å². The van der Waals surface area contributed by atoms with Crippen molar-refractivity contribution in [2.45, 2.75) is 12.7 Å². The molecule has 5 heteroatoms. The topological polar surface area (TPSA) is 46.9 Å². The van der Waals surface area contributed by atoms with Gasteiger partial charge in [-0.05, 0) is 24.6 Å². The molecule has 0 unspecified atom stereocenters. The van der Waals surface area contributed by atoms with Crippen LogP contribution >= 0.6 is 11.8 Å². The molecule has 128 valence electrons. The zero-order valence-electron chi connectivity index (χ0n) is 14.2. The van der Waals surface area contributed by atoms with Crippen molar-refractivity contribution in [2.24, 2.45) is 0 Å². The lowest BCUT2D eigenvalue weighted by Crippen LogP contribution is -2.26. The average Bonchev–Trinajstić information content (AvgIpc) is 3.04. The Hall–Kier alpha value is -2.53. The van der Waals surface area contributed by atoms with Gasteiger partial charge < -0.3 is 5.32 Å². The van der Waals surface area contributed by atoms with Gasteiger partial charge in [0.1, 0.15) is 0 Å². The van der Waals surface area contributed by atoms with E-state index in [1.54, 1.807) is 10.9 Å². The number of amides is 1. The molecule has 0 aliphatic rings. The molecule has 0 atom stereocenters. The van der Waals surface area contributed by atoms with Crippen molar-refractivity contribution >= 4 is 17.7 Å². The van der Waals surface area contributed by atoms with Crippen molar-refractivity contribution in [3.63, 3.8) is 0 Å². The maximum absolute atomic E-state index is 12.4. The van der Waals surface area contributed by atoms with Gasteiger partial charge >= 0.3 is 0 Å². The Balaban J connectivity index is 1.50. The number of nitrogens with zero attached hydrogens (tertiary/aromatic N) is 2. The molecule has 1 heterocycles. The van der Waals surface area contributed by atoms with Crippen LogP contribution in [-0.4, -0.2) is 28.0 Å². The summed E-state index contributed by atoms with van der Waals surface area (Å²) >= 11 is 1.81. The number of hydrogen-bond donors (Lipinski definition) is 1. The molecule has 1 amide bonds.